The van der Waals surface area contributed by atoms with Crippen LogP contribution in [0.15, 0.2) is 6.58 Å². The second-order valence-corrected chi connectivity index (χ2v) is 2.36. The number of nitrogens with zero attached hydrogens (tertiary/aromatic N) is 1. The van der Waals surface area contributed by atoms with E-state index in [2.05, 4.69) is 12.7 Å². The molecule has 0 aliphatic heterocycles. The third kappa shape index (κ3) is 2.21. The van der Waals surface area contributed by atoms with E-state index in [4.69, 9.17) is 0 Å². The molecule has 2 nitrogen and oxygen atoms in total. The number of hydrogen-bond acceptors (Lipinski definition) is 1. The molecule has 10 heavy (non-hydrogen) atoms. The van der Waals surface area contributed by atoms with E-state index in [1.165, 1.54) is 0 Å². The van der Waals surface area contributed by atoms with Crippen LogP contribution in [0, 0.1) is 6.08 Å². The highest BCUT2D eigenvalue weighted by molar-refractivity contribution is 5.83. The third-order valence-electron chi connectivity index (χ3n) is 1.38. The quantitative estimate of drug-likeness (QED) is 0.540. The molecule has 0 aliphatic carbocycles. The first-order chi connectivity index (χ1) is 4.63. The highest BCUT2D eigenvalue weighted by Crippen LogP contribution is 1.97. The van der Waals surface area contributed by atoms with Gasteiger partial charge in [-0.3, -0.25) is 4.79 Å². The van der Waals surface area contributed by atoms with Gasteiger partial charge in [0.25, 0.3) is 5.91 Å². The lowest BCUT2D eigenvalue weighted by Crippen LogP contribution is -2.35. The molecule has 0 spiro atoms. The number of carbonyl (C=O) groups is 1. The molecule has 0 atom stereocenters. The largest absolute Gasteiger partial charge is 0.336 e. The molecule has 1 amide bonds. The van der Waals surface area contributed by atoms with Crippen LogP contribution in [0.5, 0.6) is 0 Å². The summed E-state index contributed by atoms with van der Waals surface area (Å²) in [6, 6.07) is 0.242. The van der Waals surface area contributed by atoms with Crippen molar-refractivity contribution in [3.05, 3.63) is 12.7 Å². The summed E-state index contributed by atoms with van der Waals surface area (Å²) in [7, 11) is 0. The van der Waals surface area contributed by atoms with Crippen molar-refractivity contribution in [2.45, 2.75) is 26.8 Å². The molecule has 0 rings (SSSR count). The summed E-state index contributed by atoms with van der Waals surface area (Å²) in [5, 5.41) is 0. The molecule has 0 aromatic carbocycles. The monoisotopic (exact) mass is 140 g/mol. The van der Waals surface area contributed by atoms with Gasteiger partial charge in [-0.25, -0.2) is 0 Å². The lowest BCUT2D eigenvalue weighted by Gasteiger charge is -2.22. The summed E-state index contributed by atoms with van der Waals surface area (Å²) >= 11 is 0. The van der Waals surface area contributed by atoms with Gasteiger partial charge < -0.3 is 4.90 Å². The maximum absolute atomic E-state index is 10.9. The first-order valence-electron chi connectivity index (χ1n) is 3.47. The summed E-state index contributed by atoms with van der Waals surface area (Å²) in [6.45, 7) is 9.90. The van der Waals surface area contributed by atoms with Gasteiger partial charge in [0.15, 0.2) is 0 Å². The van der Waals surface area contributed by atoms with E-state index < -0.39 is 0 Å². The minimum absolute atomic E-state index is 0.113. The molecule has 2 heteroatoms. The lowest BCUT2D eigenvalue weighted by atomic mass is 10.3. The van der Waals surface area contributed by atoms with E-state index in [0.29, 0.717) is 0 Å². The van der Waals surface area contributed by atoms with Gasteiger partial charge in [-0.1, -0.05) is 6.58 Å². The molecule has 0 aromatic heterocycles. The molecule has 0 heterocycles. The smallest absolute Gasteiger partial charge is 0.254 e. The Morgan fingerprint density at radius 3 is 2.30 bits per heavy atom. The van der Waals surface area contributed by atoms with Gasteiger partial charge in [-0.2, -0.15) is 0 Å². The predicted octanol–water partition coefficient (Wildman–Crippen LogP) is 1.23. The summed E-state index contributed by atoms with van der Waals surface area (Å²) in [5.74, 6) is -0.113. The zero-order valence-electron chi connectivity index (χ0n) is 6.85. The van der Waals surface area contributed by atoms with E-state index in [0.717, 1.165) is 6.54 Å². The molecular formula is C8H14NO. The van der Waals surface area contributed by atoms with Crippen LogP contribution < -0.4 is 0 Å². The van der Waals surface area contributed by atoms with Gasteiger partial charge in [0.05, 0.1) is 0 Å². The Labute approximate surface area is 62.5 Å². The van der Waals surface area contributed by atoms with E-state index in [1.807, 2.05) is 20.8 Å². The molecular weight excluding hydrogens is 126 g/mol. The van der Waals surface area contributed by atoms with Gasteiger partial charge in [0, 0.05) is 18.7 Å². The fourth-order valence-electron chi connectivity index (χ4n) is 0.845. The second kappa shape index (κ2) is 4.09. The molecule has 0 saturated carbocycles. The minimum Gasteiger partial charge on any atom is -0.336 e. The van der Waals surface area contributed by atoms with E-state index >= 15 is 0 Å². The van der Waals surface area contributed by atoms with Crippen molar-refractivity contribution >= 4 is 5.91 Å². The fourth-order valence-corrected chi connectivity index (χ4v) is 0.845. The molecule has 0 saturated heterocycles. The first kappa shape index (κ1) is 9.21. The Hall–Kier alpha value is -0.790. The molecule has 0 bridgehead atoms. The summed E-state index contributed by atoms with van der Waals surface area (Å²) in [6.07, 6.45) is 2.33. The van der Waals surface area contributed by atoms with Crippen molar-refractivity contribution in [1.82, 2.24) is 4.90 Å². The third-order valence-corrected chi connectivity index (χ3v) is 1.38. The van der Waals surface area contributed by atoms with Crippen LogP contribution in [-0.2, 0) is 4.79 Å². The zero-order valence-corrected chi connectivity index (χ0v) is 6.85. The number of carbonyl (C=O) groups excluding carboxylic acids is 1. The highest BCUT2D eigenvalue weighted by atomic mass is 16.2. The lowest BCUT2D eigenvalue weighted by molar-refractivity contribution is -0.128. The van der Waals surface area contributed by atoms with Crippen molar-refractivity contribution in [1.29, 1.82) is 0 Å². The summed E-state index contributed by atoms with van der Waals surface area (Å²) in [4.78, 5) is 12.6. The maximum atomic E-state index is 10.9. The van der Waals surface area contributed by atoms with Crippen molar-refractivity contribution in [3.8, 4) is 0 Å². The summed E-state index contributed by atoms with van der Waals surface area (Å²) < 4.78 is 0. The molecule has 0 unspecified atom stereocenters. The minimum atomic E-state index is -0.113. The molecule has 0 aromatic rings. The first-order valence-corrected chi connectivity index (χ1v) is 3.47. The average molecular weight is 140 g/mol. The molecule has 0 aliphatic rings. The average Bonchev–Trinajstić information content (AvgIpc) is 1.88. The van der Waals surface area contributed by atoms with Crippen molar-refractivity contribution in [2.24, 2.45) is 0 Å². The zero-order chi connectivity index (χ0) is 8.15. The van der Waals surface area contributed by atoms with Crippen LogP contribution in [0.3, 0.4) is 0 Å². The van der Waals surface area contributed by atoms with Crippen LogP contribution in [0.1, 0.15) is 20.8 Å². The normalized spacial score (nSPS) is 9.60. The Bertz CT molecular complexity index is 129. The molecule has 1 radical (unpaired) electrons. The maximum Gasteiger partial charge on any atom is 0.254 e. The van der Waals surface area contributed by atoms with E-state index in [1.54, 1.807) is 4.90 Å². The van der Waals surface area contributed by atoms with Crippen LogP contribution >= 0.6 is 0 Å². The SMILES string of the molecule is C=[C]C(=O)N(CC)C(C)C. The van der Waals surface area contributed by atoms with E-state index in [9.17, 15) is 4.79 Å². The van der Waals surface area contributed by atoms with E-state index in [-0.39, 0.29) is 11.9 Å². The standard InChI is InChI=1S/C8H14NO/c1-5-8(10)9(6-2)7(3)4/h7H,1,6H2,2-4H3. The van der Waals surface area contributed by atoms with Gasteiger partial charge in [0.1, 0.15) is 0 Å². The predicted molar refractivity (Wildman–Crippen MR) is 41.4 cm³/mol. The topological polar surface area (TPSA) is 20.3 Å². The Morgan fingerprint density at radius 1 is 1.70 bits per heavy atom. The Kier molecular flexibility index (Phi) is 3.77. The van der Waals surface area contributed by atoms with Crippen LogP contribution in [-0.4, -0.2) is 23.4 Å². The van der Waals surface area contributed by atoms with Crippen LogP contribution in [0.25, 0.3) is 0 Å². The van der Waals surface area contributed by atoms with Crippen LogP contribution in [0.2, 0.25) is 0 Å². The fraction of sp³-hybridized carbons (Fsp3) is 0.625. The van der Waals surface area contributed by atoms with Crippen molar-refractivity contribution in [3.63, 3.8) is 0 Å². The van der Waals surface area contributed by atoms with Gasteiger partial charge in [-0.05, 0) is 20.8 Å². The van der Waals surface area contributed by atoms with Gasteiger partial charge in [0.2, 0.25) is 0 Å². The number of amides is 1. The highest BCUT2D eigenvalue weighted by Gasteiger charge is 2.10. The number of likely N-dealkylation sites (N-methyl/N-ethyl adjacent to an activating group) is 1. The Morgan fingerprint density at radius 2 is 2.20 bits per heavy atom. The Balaban J connectivity index is 4.06. The molecule has 0 N–H and O–H groups in total. The van der Waals surface area contributed by atoms with Gasteiger partial charge in [-0.15, -0.1) is 0 Å². The number of hydrogen-bond donors (Lipinski definition) is 0. The van der Waals surface area contributed by atoms with Crippen LogP contribution in [0.4, 0.5) is 0 Å². The molecule has 57 valence electrons. The second-order valence-electron chi connectivity index (χ2n) is 2.36. The van der Waals surface area contributed by atoms with Crippen molar-refractivity contribution in [2.75, 3.05) is 6.54 Å². The molecule has 0 fully saturated rings. The van der Waals surface area contributed by atoms with Crippen molar-refractivity contribution < 1.29 is 4.79 Å². The number of rotatable bonds is 3. The summed E-state index contributed by atoms with van der Waals surface area (Å²) in [5.41, 5.74) is 0. The van der Waals surface area contributed by atoms with Gasteiger partial charge >= 0.3 is 0 Å².